The molecule has 0 bridgehead atoms. The van der Waals surface area contributed by atoms with Gasteiger partial charge in [0.2, 0.25) is 5.91 Å². The number of nitrogens with one attached hydrogen (secondary N) is 2. The first kappa shape index (κ1) is 13.4. The van der Waals surface area contributed by atoms with E-state index in [4.69, 9.17) is 4.74 Å². The predicted octanol–water partition coefficient (Wildman–Crippen LogP) is 1.47. The van der Waals surface area contributed by atoms with Crippen molar-refractivity contribution in [1.82, 2.24) is 5.32 Å². The molecule has 1 aromatic rings. The lowest BCUT2D eigenvalue weighted by molar-refractivity contribution is -0.119. The molecular formula is C14H18N2O3. The van der Waals surface area contributed by atoms with Gasteiger partial charge in [0.05, 0.1) is 19.2 Å². The van der Waals surface area contributed by atoms with Crippen LogP contribution in [0.1, 0.15) is 28.8 Å². The molecule has 0 heterocycles. The van der Waals surface area contributed by atoms with Gasteiger partial charge in [0.25, 0.3) is 0 Å². The van der Waals surface area contributed by atoms with Gasteiger partial charge in [0.15, 0.2) is 0 Å². The molecule has 0 aliphatic heterocycles. The highest BCUT2D eigenvalue weighted by Crippen LogP contribution is 2.21. The lowest BCUT2D eigenvalue weighted by atomic mass is 10.1. The second kappa shape index (κ2) is 5.73. The third-order valence-electron chi connectivity index (χ3n) is 3.04. The maximum atomic E-state index is 11.7. The van der Waals surface area contributed by atoms with E-state index in [0.29, 0.717) is 17.3 Å². The number of carbonyl (C=O) groups excluding carboxylic acids is 2. The molecule has 1 aromatic carbocycles. The van der Waals surface area contributed by atoms with Crippen molar-refractivity contribution in [3.05, 3.63) is 29.3 Å². The van der Waals surface area contributed by atoms with Gasteiger partial charge in [-0.15, -0.1) is 0 Å². The van der Waals surface area contributed by atoms with Gasteiger partial charge in [-0.25, -0.2) is 4.79 Å². The predicted molar refractivity (Wildman–Crippen MR) is 72.2 cm³/mol. The van der Waals surface area contributed by atoms with Crippen LogP contribution in [0.2, 0.25) is 0 Å². The van der Waals surface area contributed by atoms with Crippen molar-refractivity contribution < 1.29 is 14.3 Å². The Hall–Kier alpha value is -2.04. The second-order valence-electron chi connectivity index (χ2n) is 4.68. The lowest BCUT2D eigenvalue weighted by Crippen LogP contribution is -2.31. The summed E-state index contributed by atoms with van der Waals surface area (Å²) >= 11 is 0. The Balaban J connectivity index is 2.04. The molecule has 2 N–H and O–H groups in total. The number of benzene rings is 1. The van der Waals surface area contributed by atoms with Crippen LogP contribution in [-0.4, -0.2) is 31.6 Å². The van der Waals surface area contributed by atoms with Crippen LogP contribution in [0.4, 0.5) is 5.69 Å². The number of aryl methyl sites for hydroxylation is 1. The molecule has 0 unspecified atom stereocenters. The van der Waals surface area contributed by atoms with Gasteiger partial charge in [0.1, 0.15) is 0 Å². The first-order valence-corrected chi connectivity index (χ1v) is 6.33. The van der Waals surface area contributed by atoms with E-state index in [0.717, 1.165) is 18.4 Å². The molecule has 1 aliphatic carbocycles. The van der Waals surface area contributed by atoms with Crippen molar-refractivity contribution >= 4 is 17.6 Å². The van der Waals surface area contributed by atoms with Crippen LogP contribution < -0.4 is 10.6 Å². The summed E-state index contributed by atoms with van der Waals surface area (Å²) < 4.78 is 4.76. The zero-order valence-electron chi connectivity index (χ0n) is 11.2. The van der Waals surface area contributed by atoms with Crippen molar-refractivity contribution in [3.63, 3.8) is 0 Å². The van der Waals surface area contributed by atoms with E-state index in [-0.39, 0.29) is 12.5 Å². The zero-order valence-corrected chi connectivity index (χ0v) is 11.2. The molecule has 0 aromatic heterocycles. The number of amides is 1. The number of rotatable bonds is 5. The highest BCUT2D eigenvalue weighted by Gasteiger charge is 2.23. The molecule has 0 radical (unpaired) electrons. The fourth-order valence-electron chi connectivity index (χ4n) is 1.87. The Labute approximate surface area is 112 Å². The first-order chi connectivity index (χ1) is 9.11. The summed E-state index contributed by atoms with van der Waals surface area (Å²) in [6.07, 6.45) is 2.12. The highest BCUT2D eigenvalue weighted by atomic mass is 16.5. The zero-order chi connectivity index (χ0) is 13.8. The smallest absolute Gasteiger partial charge is 0.340 e. The Morgan fingerprint density at radius 1 is 1.37 bits per heavy atom. The molecule has 1 saturated carbocycles. The van der Waals surface area contributed by atoms with Crippen molar-refractivity contribution in [2.24, 2.45) is 0 Å². The fraction of sp³-hybridized carbons (Fsp3) is 0.429. The molecule has 0 atom stereocenters. The minimum atomic E-state index is -0.400. The van der Waals surface area contributed by atoms with E-state index in [2.05, 4.69) is 10.6 Å². The molecule has 1 amide bonds. The summed E-state index contributed by atoms with van der Waals surface area (Å²) in [5.74, 6) is -0.456. The van der Waals surface area contributed by atoms with Gasteiger partial charge >= 0.3 is 5.97 Å². The van der Waals surface area contributed by atoms with Gasteiger partial charge in [-0.1, -0.05) is 12.1 Å². The monoisotopic (exact) mass is 262 g/mol. The lowest BCUT2D eigenvalue weighted by Gasteiger charge is -2.12. The van der Waals surface area contributed by atoms with Crippen LogP contribution in [0.25, 0.3) is 0 Å². The maximum Gasteiger partial charge on any atom is 0.340 e. The summed E-state index contributed by atoms with van der Waals surface area (Å²) in [4.78, 5) is 23.3. The number of carbonyl (C=O) groups is 2. The third kappa shape index (κ3) is 3.47. The fourth-order valence-corrected chi connectivity index (χ4v) is 1.87. The Morgan fingerprint density at radius 3 is 2.74 bits per heavy atom. The standard InChI is InChI=1S/C14H18N2O3/c1-9-4-3-5-11(13(9)14(18)19-2)15-8-12(17)16-10-6-7-10/h3-5,10,15H,6-8H2,1-2H3,(H,16,17). The SMILES string of the molecule is COC(=O)c1c(C)cccc1NCC(=O)NC1CC1. The number of methoxy groups -OCH3 is 1. The number of hydrogen-bond donors (Lipinski definition) is 2. The summed E-state index contributed by atoms with van der Waals surface area (Å²) in [5, 5.41) is 5.87. The number of anilines is 1. The van der Waals surface area contributed by atoms with E-state index < -0.39 is 5.97 Å². The quantitative estimate of drug-likeness (QED) is 0.789. The van der Waals surface area contributed by atoms with Crippen LogP contribution in [0.5, 0.6) is 0 Å². The number of ether oxygens (including phenoxy) is 1. The van der Waals surface area contributed by atoms with E-state index in [1.807, 2.05) is 19.1 Å². The minimum Gasteiger partial charge on any atom is -0.465 e. The third-order valence-corrected chi connectivity index (χ3v) is 3.04. The van der Waals surface area contributed by atoms with Crippen molar-refractivity contribution in [1.29, 1.82) is 0 Å². The van der Waals surface area contributed by atoms with Crippen LogP contribution in [-0.2, 0) is 9.53 Å². The molecule has 0 spiro atoms. The highest BCUT2D eigenvalue weighted by molar-refractivity contribution is 5.97. The number of esters is 1. The van der Waals surface area contributed by atoms with E-state index in [9.17, 15) is 9.59 Å². The van der Waals surface area contributed by atoms with Gasteiger partial charge in [-0.3, -0.25) is 4.79 Å². The molecule has 0 saturated heterocycles. The molecule has 5 nitrogen and oxygen atoms in total. The molecule has 5 heteroatoms. The molecule has 2 rings (SSSR count). The van der Waals surface area contributed by atoms with Crippen LogP contribution >= 0.6 is 0 Å². The Morgan fingerprint density at radius 2 is 2.11 bits per heavy atom. The van der Waals surface area contributed by atoms with Crippen LogP contribution in [0.3, 0.4) is 0 Å². The Kier molecular flexibility index (Phi) is 4.04. The first-order valence-electron chi connectivity index (χ1n) is 6.33. The number of hydrogen-bond acceptors (Lipinski definition) is 4. The molecule has 1 fully saturated rings. The average molecular weight is 262 g/mol. The van der Waals surface area contributed by atoms with E-state index in [1.165, 1.54) is 7.11 Å². The van der Waals surface area contributed by atoms with Gasteiger partial charge in [0, 0.05) is 11.7 Å². The molecule has 19 heavy (non-hydrogen) atoms. The summed E-state index contributed by atoms with van der Waals surface area (Å²) in [6.45, 7) is 1.99. The average Bonchev–Trinajstić information content (AvgIpc) is 3.19. The van der Waals surface area contributed by atoms with Gasteiger partial charge in [-0.2, -0.15) is 0 Å². The summed E-state index contributed by atoms with van der Waals surface area (Å²) in [7, 11) is 1.35. The molecule has 102 valence electrons. The normalized spacial score (nSPS) is 13.8. The maximum absolute atomic E-state index is 11.7. The van der Waals surface area contributed by atoms with Crippen LogP contribution in [0.15, 0.2) is 18.2 Å². The van der Waals surface area contributed by atoms with E-state index in [1.54, 1.807) is 6.07 Å². The van der Waals surface area contributed by atoms with Gasteiger partial charge < -0.3 is 15.4 Å². The van der Waals surface area contributed by atoms with Gasteiger partial charge in [-0.05, 0) is 31.4 Å². The van der Waals surface area contributed by atoms with E-state index >= 15 is 0 Å². The second-order valence-corrected chi connectivity index (χ2v) is 4.68. The minimum absolute atomic E-state index is 0.0557. The topological polar surface area (TPSA) is 67.4 Å². The van der Waals surface area contributed by atoms with Crippen molar-refractivity contribution in [3.8, 4) is 0 Å². The van der Waals surface area contributed by atoms with Crippen molar-refractivity contribution in [2.45, 2.75) is 25.8 Å². The Bertz CT molecular complexity index is 495. The summed E-state index contributed by atoms with van der Waals surface area (Å²) in [5.41, 5.74) is 1.92. The van der Waals surface area contributed by atoms with Crippen molar-refractivity contribution in [2.75, 3.05) is 19.0 Å². The largest absolute Gasteiger partial charge is 0.465 e. The molecular weight excluding hydrogens is 244 g/mol. The molecule has 1 aliphatic rings. The van der Waals surface area contributed by atoms with Crippen LogP contribution in [0, 0.1) is 6.92 Å². The summed E-state index contributed by atoms with van der Waals surface area (Å²) in [6, 6.07) is 5.78.